The summed E-state index contributed by atoms with van der Waals surface area (Å²) in [5.74, 6) is 1.93. The van der Waals surface area contributed by atoms with Crippen molar-refractivity contribution >= 4 is 5.78 Å². The fraction of sp³-hybridized carbons (Fsp3) is 0.562. The summed E-state index contributed by atoms with van der Waals surface area (Å²) in [5.41, 5.74) is 1.59. The lowest BCUT2D eigenvalue weighted by Gasteiger charge is -2.57. The van der Waals surface area contributed by atoms with Crippen LogP contribution in [0, 0.1) is 23.2 Å². The first kappa shape index (κ1) is 11.0. The maximum atomic E-state index is 12.4. The molecule has 1 nitrogen and oxygen atoms in total. The fourth-order valence-corrected chi connectivity index (χ4v) is 3.73. The zero-order valence-electron chi connectivity index (χ0n) is 10.6. The van der Waals surface area contributed by atoms with Crippen molar-refractivity contribution in [2.75, 3.05) is 0 Å². The van der Waals surface area contributed by atoms with E-state index < -0.39 is 0 Å². The van der Waals surface area contributed by atoms with Crippen LogP contribution in [-0.4, -0.2) is 5.78 Å². The second kappa shape index (κ2) is 3.69. The lowest BCUT2D eigenvalue weighted by molar-refractivity contribution is -0.156. The minimum Gasteiger partial charge on any atom is -0.299 e. The van der Waals surface area contributed by atoms with E-state index in [2.05, 4.69) is 38.1 Å². The molecule has 0 amide bonds. The highest BCUT2D eigenvalue weighted by Gasteiger charge is 2.57. The number of fused-ring (bicyclic) bond motifs is 2. The normalized spacial score (nSPS) is 34.2. The van der Waals surface area contributed by atoms with Crippen molar-refractivity contribution in [2.24, 2.45) is 23.2 Å². The lowest BCUT2D eigenvalue weighted by Crippen LogP contribution is -2.56. The standard InChI is InChI=1S/C16H20O/c1-16(2)13-9-12(15(17)14(16)10-13)8-11-6-4-3-5-7-11/h3-7,12-14H,8-10H2,1-2H3. The lowest BCUT2D eigenvalue weighted by atomic mass is 9.46. The van der Waals surface area contributed by atoms with Crippen molar-refractivity contribution in [2.45, 2.75) is 33.1 Å². The highest BCUT2D eigenvalue weighted by molar-refractivity contribution is 5.87. The van der Waals surface area contributed by atoms with Gasteiger partial charge in [-0.3, -0.25) is 4.79 Å². The Kier molecular flexibility index (Phi) is 2.39. The molecule has 3 aliphatic rings. The second-order valence-electron chi connectivity index (χ2n) is 6.33. The molecule has 0 N–H and O–H groups in total. The van der Waals surface area contributed by atoms with Crippen LogP contribution in [0.4, 0.5) is 0 Å². The van der Waals surface area contributed by atoms with Gasteiger partial charge in [-0.05, 0) is 36.2 Å². The molecule has 3 fully saturated rings. The highest BCUT2D eigenvalue weighted by Crippen LogP contribution is 2.59. The topological polar surface area (TPSA) is 17.1 Å². The Labute approximate surface area is 103 Å². The number of rotatable bonds is 2. The molecular weight excluding hydrogens is 208 g/mol. The van der Waals surface area contributed by atoms with Crippen LogP contribution < -0.4 is 0 Å². The number of ketones is 1. The quantitative estimate of drug-likeness (QED) is 0.757. The van der Waals surface area contributed by atoms with E-state index in [0.29, 0.717) is 11.7 Å². The van der Waals surface area contributed by atoms with E-state index in [1.54, 1.807) is 0 Å². The average molecular weight is 228 g/mol. The molecule has 2 bridgehead atoms. The van der Waals surface area contributed by atoms with Gasteiger partial charge in [0, 0.05) is 11.8 Å². The van der Waals surface area contributed by atoms with Gasteiger partial charge in [0.15, 0.2) is 0 Å². The summed E-state index contributed by atoms with van der Waals surface area (Å²) in [4.78, 5) is 12.4. The minimum atomic E-state index is 0.282. The first-order valence-corrected chi connectivity index (χ1v) is 6.66. The summed E-state index contributed by atoms with van der Waals surface area (Å²) in [6.45, 7) is 4.53. The number of hydrogen-bond acceptors (Lipinski definition) is 1. The SMILES string of the molecule is CC1(C)C2CC(Cc3ccccc3)C(=O)C1C2. The third-order valence-corrected chi connectivity index (χ3v) is 5.11. The molecule has 17 heavy (non-hydrogen) atoms. The molecule has 1 aromatic rings. The van der Waals surface area contributed by atoms with Crippen molar-refractivity contribution in [1.29, 1.82) is 0 Å². The van der Waals surface area contributed by atoms with Crippen LogP contribution in [0.5, 0.6) is 0 Å². The van der Waals surface area contributed by atoms with Gasteiger partial charge in [0.05, 0.1) is 0 Å². The van der Waals surface area contributed by atoms with Crippen LogP contribution in [0.3, 0.4) is 0 Å². The Morgan fingerprint density at radius 1 is 1.18 bits per heavy atom. The molecule has 4 rings (SSSR count). The minimum absolute atomic E-state index is 0.282. The van der Waals surface area contributed by atoms with Crippen LogP contribution in [-0.2, 0) is 11.2 Å². The highest BCUT2D eigenvalue weighted by atomic mass is 16.1. The maximum absolute atomic E-state index is 12.4. The van der Waals surface area contributed by atoms with Gasteiger partial charge in [-0.2, -0.15) is 0 Å². The zero-order chi connectivity index (χ0) is 12.0. The van der Waals surface area contributed by atoms with Gasteiger partial charge in [-0.15, -0.1) is 0 Å². The molecule has 0 saturated heterocycles. The summed E-state index contributed by atoms with van der Waals surface area (Å²) in [7, 11) is 0. The molecule has 1 heteroatoms. The molecule has 0 aromatic heterocycles. The number of hydrogen-bond donors (Lipinski definition) is 0. The first-order chi connectivity index (χ1) is 8.09. The predicted octanol–water partition coefficient (Wildman–Crippen LogP) is 3.48. The third-order valence-electron chi connectivity index (χ3n) is 5.11. The third kappa shape index (κ3) is 1.64. The Hall–Kier alpha value is -1.11. The van der Waals surface area contributed by atoms with E-state index in [1.165, 1.54) is 5.56 Å². The van der Waals surface area contributed by atoms with E-state index >= 15 is 0 Å². The van der Waals surface area contributed by atoms with Gasteiger partial charge in [0.2, 0.25) is 0 Å². The summed E-state index contributed by atoms with van der Waals surface area (Å²) in [6.07, 6.45) is 3.21. The van der Waals surface area contributed by atoms with Gasteiger partial charge >= 0.3 is 0 Å². The predicted molar refractivity (Wildman–Crippen MR) is 68.6 cm³/mol. The summed E-state index contributed by atoms with van der Waals surface area (Å²) in [5, 5.41) is 0. The maximum Gasteiger partial charge on any atom is 0.139 e. The van der Waals surface area contributed by atoms with E-state index in [0.717, 1.165) is 25.2 Å². The van der Waals surface area contributed by atoms with E-state index in [9.17, 15) is 4.79 Å². The molecule has 0 spiro atoms. The van der Waals surface area contributed by atoms with Gasteiger partial charge in [0.1, 0.15) is 5.78 Å². The Bertz CT molecular complexity index is 432. The van der Waals surface area contributed by atoms with Gasteiger partial charge in [-0.1, -0.05) is 44.2 Å². The first-order valence-electron chi connectivity index (χ1n) is 6.66. The Morgan fingerprint density at radius 3 is 2.47 bits per heavy atom. The van der Waals surface area contributed by atoms with E-state index in [1.807, 2.05) is 6.07 Å². The molecular formula is C16H20O. The Morgan fingerprint density at radius 2 is 1.88 bits per heavy atom. The largest absolute Gasteiger partial charge is 0.299 e. The second-order valence-corrected chi connectivity index (χ2v) is 6.33. The molecule has 0 radical (unpaired) electrons. The van der Waals surface area contributed by atoms with Crippen LogP contribution in [0.1, 0.15) is 32.3 Å². The van der Waals surface area contributed by atoms with E-state index in [4.69, 9.17) is 0 Å². The zero-order valence-corrected chi connectivity index (χ0v) is 10.6. The molecule has 0 aliphatic heterocycles. The molecule has 3 unspecified atom stereocenters. The van der Waals surface area contributed by atoms with Gasteiger partial charge in [-0.25, -0.2) is 0 Å². The number of carbonyl (C=O) groups excluding carboxylic acids is 1. The van der Waals surface area contributed by atoms with Crippen molar-refractivity contribution in [3.63, 3.8) is 0 Å². The molecule has 1 aromatic carbocycles. The fourth-order valence-electron chi connectivity index (χ4n) is 3.73. The smallest absolute Gasteiger partial charge is 0.139 e. The monoisotopic (exact) mass is 228 g/mol. The van der Waals surface area contributed by atoms with Crippen molar-refractivity contribution in [3.8, 4) is 0 Å². The average Bonchev–Trinajstić information content (AvgIpc) is 2.32. The van der Waals surface area contributed by atoms with Crippen molar-refractivity contribution in [1.82, 2.24) is 0 Å². The van der Waals surface area contributed by atoms with Crippen molar-refractivity contribution < 1.29 is 4.79 Å². The number of benzene rings is 1. The van der Waals surface area contributed by atoms with Crippen LogP contribution in [0.15, 0.2) is 30.3 Å². The molecule has 0 heterocycles. The van der Waals surface area contributed by atoms with Gasteiger partial charge in [0.25, 0.3) is 0 Å². The van der Waals surface area contributed by atoms with Crippen LogP contribution >= 0.6 is 0 Å². The van der Waals surface area contributed by atoms with Gasteiger partial charge < -0.3 is 0 Å². The van der Waals surface area contributed by atoms with Crippen LogP contribution in [0.25, 0.3) is 0 Å². The number of carbonyl (C=O) groups is 1. The summed E-state index contributed by atoms with van der Waals surface area (Å²) < 4.78 is 0. The molecule has 3 aliphatic carbocycles. The van der Waals surface area contributed by atoms with Crippen LogP contribution in [0.2, 0.25) is 0 Å². The molecule has 3 atom stereocenters. The number of Topliss-reactive ketones (excluding diaryl/α,β-unsaturated/α-hetero) is 1. The Balaban J connectivity index is 1.74. The van der Waals surface area contributed by atoms with E-state index in [-0.39, 0.29) is 11.3 Å². The molecule has 3 saturated carbocycles. The van der Waals surface area contributed by atoms with Crippen molar-refractivity contribution in [3.05, 3.63) is 35.9 Å². The molecule has 90 valence electrons. The summed E-state index contributed by atoms with van der Waals surface area (Å²) in [6, 6.07) is 10.4. The summed E-state index contributed by atoms with van der Waals surface area (Å²) >= 11 is 0.